The van der Waals surface area contributed by atoms with Gasteiger partial charge < -0.3 is 11.1 Å². The van der Waals surface area contributed by atoms with Gasteiger partial charge in [0, 0.05) is 22.1 Å². The molecular weight excluding hydrogens is 320 g/mol. The number of rotatable bonds is 4. The van der Waals surface area contributed by atoms with E-state index in [2.05, 4.69) is 21.2 Å². The molecule has 102 valence electrons. The summed E-state index contributed by atoms with van der Waals surface area (Å²) in [5.41, 5.74) is 7.11. The van der Waals surface area contributed by atoms with Gasteiger partial charge in [0.05, 0.1) is 0 Å². The Labute approximate surface area is 125 Å². The van der Waals surface area contributed by atoms with Crippen LogP contribution >= 0.6 is 15.9 Å². The fraction of sp³-hybridized carbons (Fsp3) is 0.0667. The number of carbonyl (C=O) groups is 2. The number of primary amides is 1. The Bertz CT molecular complexity index is 639. The monoisotopic (exact) mass is 332 g/mol. The van der Waals surface area contributed by atoms with Crippen LogP contribution in [0.3, 0.4) is 0 Å². The van der Waals surface area contributed by atoms with Crippen molar-refractivity contribution in [2.45, 2.75) is 6.54 Å². The molecule has 0 bridgehead atoms. The maximum absolute atomic E-state index is 11.9. The summed E-state index contributed by atoms with van der Waals surface area (Å²) in [6, 6.07) is 14.0. The van der Waals surface area contributed by atoms with Gasteiger partial charge in [0.25, 0.3) is 5.91 Å². The van der Waals surface area contributed by atoms with Crippen molar-refractivity contribution in [1.82, 2.24) is 5.32 Å². The van der Waals surface area contributed by atoms with E-state index in [1.54, 1.807) is 42.5 Å². The van der Waals surface area contributed by atoms with Gasteiger partial charge in [0.15, 0.2) is 0 Å². The summed E-state index contributed by atoms with van der Waals surface area (Å²) in [6.07, 6.45) is 0. The van der Waals surface area contributed by atoms with Crippen LogP contribution < -0.4 is 11.1 Å². The molecule has 4 nitrogen and oxygen atoms in total. The molecule has 0 saturated carbocycles. The second-order valence-corrected chi connectivity index (χ2v) is 5.17. The quantitative estimate of drug-likeness (QED) is 0.902. The van der Waals surface area contributed by atoms with Crippen LogP contribution in [0.25, 0.3) is 0 Å². The summed E-state index contributed by atoms with van der Waals surface area (Å²) in [5, 5.41) is 2.82. The minimum Gasteiger partial charge on any atom is -0.366 e. The molecule has 0 aliphatic heterocycles. The van der Waals surface area contributed by atoms with Gasteiger partial charge in [-0.25, -0.2) is 0 Å². The lowest BCUT2D eigenvalue weighted by molar-refractivity contribution is 0.0949. The number of benzene rings is 2. The smallest absolute Gasteiger partial charge is 0.251 e. The van der Waals surface area contributed by atoms with Crippen LogP contribution in [0.4, 0.5) is 0 Å². The van der Waals surface area contributed by atoms with Crippen molar-refractivity contribution in [3.05, 3.63) is 69.7 Å². The molecule has 0 aliphatic carbocycles. The highest BCUT2D eigenvalue weighted by Gasteiger charge is 2.06. The van der Waals surface area contributed by atoms with Gasteiger partial charge in [0.2, 0.25) is 5.91 Å². The summed E-state index contributed by atoms with van der Waals surface area (Å²) in [6.45, 7) is 0.393. The SMILES string of the molecule is NC(=O)c1ccc(CNC(=O)c2cccc(Br)c2)cc1. The van der Waals surface area contributed by atoms with E-state index in [4.69, 9.17) is 5.73 Å². The van der Waals surface area contributed by atoms with Gasteiger partial charge >= 0.3 is 0 Å². The van der Waals surface area contributed by atoms with E-state index in [-0.39, 0.29) is 5.91 Å². The van der Waals surface area contributed by atoms with Crippen LogP contribution in [0.2, 0.25) is 0 Å². The molecule has 2 rings (SSSR count). The van der Waals surface area contributed by atoms with Crippen LogP contribution in [0.1, 0.15) is 26.3 Å². The zero-order chi connectivity index (χ0) is 14.5. The average Bonchev–Trinajstić information content (AvgIpc) is 2.45. The van der Waals surface area contributed by atoms with Crippen molar-refractivity contribution in [3.8, 4) is 0 Å². The third kappa shape index (κ3) is 3.68. The van der Waals surface area contributed by atoms with Crippen molar-refractivity contribution >= 4 is 27.7 Å². The lowest BCUT2D eigenvalue weighted by atomic mass is 10.1. The number of halogens is 1. The molecule has 2 aromatic carbocycles. The largest absolute Gasteiger partial charge is 0.366 e. The van der Waals surface area contributed by atoms with Crippen LogP contribution in [0, 0.1) is 0 Å². The number of carbonyl (C=O) groups excluding carboxylic acids is 2. The highest BCUT2D eigenvalue weighted by molar-refractivity contribution is 9.10. The second kappa shape index (κ2) is 6.34. The highest BCUT2D eigenvalue weighted by atomic mass is 79.9. The first-order valence-corrected chi connectivity index (χ1v) is 6.78. The molecule has 0 aromatic heterocycles. The third-order valence-corrected chi connectivity index (χ3v) is 3.27. The third-order valence-electron chi connectivity index (χ3n) is 2.78. The van der Waals surface area contributed by atoms with E-state index in [1.807, 2.05) is 6.07 Å². The summed E-state index contributed by atoms with van der Waals surface area (Å²) < 4.78 is 0.857. The maximum Gasteiger partial charge on any atom is 0.251 e. The first-order chi connectivity index (χ1) is 9.56. The summed E-state index contributed by atoms with van der Waals surface area (Å²) in [5.74, 6) is -0.611. The van der Waals surface area contributed by atoms with Gasteiger partial charge in [-0.05, 0) is 35.9 Å². The van der Waals surface area contributed by atoms with Crippen molar-refractivity contribution in [2.24, 2.45) is 5.73 Å². The molecule has 0 aliphatic rings. The highest BCUT2D eigenvalue weighted by Crippen LogP contribution is 2.11. The maximum atomic E-state index is 11.9. The molecule has 3 N–H and O–H groups in total. The van der Waals surface area contributed by atoms with E-state index in [0.717, 1.165) is 10.0 Å². The number of amides is 2. The Hall–Kier alpha value is -2.14. The van der Waals surface area contributed by atoms with Crippen LogP contribution in [-0.2, 0) is 6.54 Å². The first kappa shape index (κ1) is 14.3. The number of nitrogens with one attached hydrogen (secondary N) is 1. The lowest BCUT2D eigenvalue weighted by Crippen LogP contribution is -2.22. The molecule has 20 heavy (non-hydrogen) atoms. The fourth-order valence-electron chi connectivity index (χ4n) is 1.70. The molecule has 2 amide bonds. The minimum atomic E-state index is -0.463. The zero-order valence-corrected chi connectivity index (χ0v) is 12.2. The first-order valence-electron chi connectivity index (χ1n) is 5.99. The Morgan fingerprint density at radius 3 is 2.35 bits per heavy atom. The molecule has 0 spiro atoms. The van der Waals surface area contributed by atoms with Crippen LogP contribution in [0.5, 0.6) is 0 Å². The van der Waals surface area contributed by atoms with Crippen molar-refractivity contribution < 1.29 is 9.59 Å². The molecule has 0 heterocycles. The second-order valence-electron chi connectivity index (χ2n) is 4.25. The summed E-state index contributed by atoms with van der Waals surface area (Å²) in [4.78, 5) is 22.9. The lowest BCUT2D eigenvalue weighted by Gasteiger charge is -2.06. The Morgan fingerprint density at radius 1 is 1.05 bits per heavy atom. The number of hydrogen-bond acceptors (Lipinski definition) is 2. The Kier molecular flexibility index (Phi) is 4.53. The van der Waals surface area contributed by atoms with E-state index in [0.29, 0.717) is 17.7 Å². The van der Waals surface area contributed by atoms with E-state index < -0.39 is 5.91 Å². The van der Waals surface area contributed by atoms with Crippen molar-refractivity contribution in [1.29, 1.82) is 0 Å². The van der Waals surface area contributed by atoms with E-state index >= 15 is 0 Å². The predicted octanol–water partition coefficient (Wildman–Crippen LogP) is 2.48. The Balaban J connectivity index is 1.98. The standard InChI is InChI=1S/C15H13BrN2O2/c16-13-3-1-2-12(8-13)15(20)18-9-10-4-6-11(7-5-10)14(17)19/h1-8H,9H2,(H2,17,19)(H,18,20). The van der Waals surface area contributed by atoms with Gasteiger partial charge in [-0.3, -0.25) is 9.59 Å². The molecular formula is C15H13BrN2O2. The van der Waals surface area contributed by atoms with Crippen molar-refractivity contribution in [3.63, 3.8) is 0 Å². The van der Waals surface area contributed by atoms with Crippen molar-refractivity contribution in [2.75, 3.05) is 0 Å². The zero-order valence-electron chi connectivity index (χ0n) is 10.6. The molecule has 0 atom stereocenters. The molecule has 5 heteroatoms. The number of hydrogen-bond donors (Lipinski definition) is 2. The van der Waals surface area contributed by atoms with Crippen LogP contribution in [0.15, 0.2) is 53.0 Å². The van der Waals surface area contributed by atoms with E-state index in [9.17, 15) is 9.59 Å². The van der Waals surface area contributed by atoms with Gasteiger partial charge in [-0.1, -0.05) is 34.1 Å². The predicted molar refractivity (Wildman–Crippen MR) is 80.3 cm³/mol. The van der Waals surface area contributed by atoms with Crippen LogP contribution in [-0.4, -0.2) is 11.8 Å². The number of nitrogens with two attached hydrogens (primary N) is 1. The topological polar surface area (TPSA) is 72.2 Å². The van der Waals surface area contributed by atoms with Gasteiger partial charge in [0.1, 0.15) is 0 Å². The van der Waals surface area contributed by atoms with E-state index in [1.165, 1.54) is 0 Å². The summed E-state index contributed by atoms with van der Waals surface area (Å²) >= 11 is 3.32. The minimum absolute atomic E-state index is 0.148. The summed E-state index contributed by atoms with van der Waals surface area (Å²) in [7, 11) is 0. The fourth-order valence-corrected chi connectivity index (χ4v) is 2.10. The van der Waals surface area contributed by atoms with Gasteiger partial charge in [-0.15, -0.1) is 0 Å². The molecule has 0 radical (unpaired) electrons. The molecule has 0 fully saturated rings. The molecule has 2 aromatic rings. The Morgan fingerprint density at radius 2 is 1.75 bits per heavy atom. The van der Waals surface area contributed by atoms with Gasteiger partial charge in [-0.2, -0.15) is 0 Å². The average molecular weight is 333 g/mol. The molecule has 0 unspecified atom stereocenters. The molecule has 0 saturated heterocycles. The normalized spacial score (nSPS) is 10.1.